The molecule has 0 aliphatic carbocycles. The maximum absolute atomic E-state index is 13.0. The molecule has 5 rings (SSSR count). The van der Waals surface area contributed by atoms with Gasteiger partial charge in [-0.2, -0.15) is 15.3 Å². The van der Waals surface area contributed by atoms with Crippen LogP contribution in [0.25, 0.3) is 17.0 Å². The Labute approximate surface area is 222 Å². The molecule has 0 spiro atoms. The third-order valence-corrected chi connectivity index (χ3v) is 6.75. The van der Waals surface area contributed by atoms with E-state index in [2.05, 4.69) is 41.5 Å². The van der Waals surface area contributed by atoms with Crippen molar-refractivity contribution < 1.29 is 4.79 Å². The maximum Gasteiger partial charge on any atom is 0.277 e. The molecule has 0 bridgehead atoms. The summed E-state index contributed by atoms with van der Waals surface area (Å²) < 4.78 is 5.79. The van der Waals surface area contributed by atoms with E-state index in [-0.39, 0.29) is 16.5 Å². The molecule has 0 saturated carbocycles. The first-order valence-electron chi connectivity index (χ1n) is 10.4. The number of carbonyl (C=O) groups excluding carboxylic acids is 1. The summed E-state index contributed by atoms with van der Waals surface area (Å²) in [4.78, 5) is 17.3. The lowest BCUT2D eigenvalue weighted by atomic mass is 10.2. The molecular weight excluding hydrogens is 579 g/mol. The zero-order chi connectivity index (χ0) is 24.7. The normalized spacial score (nSPS) is 11.3. The second-order valence-electron chi connectivity index (χ2n) is 7.54. The van der Waals surface area contributed by atoms with Crippen molar-refractivity contribution in [3.63, 3.8) is 0 Å². The van der Waals surface area contributed by atoms with Crippen molar-refractivity contribution in [3.8, 4) is 11.4 Å². The van der Waals surface area contributed by atoms with E-state index in [1.54, 1.807) is 50.5 Å². The highest BCUT2D eigenvalue weighted by Gasteiger charge is 2.19. The first-order valence-corrected chi connectivity index (χ1v) is 12.3. The van der Waals surface area contributed by atoms with E-state index in [0.29, 0.717) is 33.6 Å². The number of nitrogens with one attached hydrogen (secondary N) is 1. The Bertz CT molecular complexity index is 1570. The molecule has 4 aromatic heterocycles. The molecule has 0 unspecified atom stereocenters. The third kappa shape index (κ3) is 4.79. The monoisotopic (exact) mass is 592 g/mol. The van der Waals surface area contributed by atoms with Crippen molar-refractivity contribution >= 4 is 68.1 Å². The molecule has 0 aliphatic heterocycles. The largest absolute Gasteiger partial charge is 0.302 e. The van der Waals surface area contributed by atoms with Gasteiger partial charge in [-0.15, -0.1) is 0 Å². The third-order valence-electron chi connectivity index (χ3n) is 5.15. The Morgan fingerprint density at radius 3 is 2.57 bits per heavy atom. The predicted molar refractivity (Wildman–Crippen MR) is 138 cm³/mol. The first-order chi connectivity index (χ1) is 16.8. The second-order valence-corrected chi connectivity index (χ2v) is 9.61. The molecule has 0 fully saturated rings. The highest BCUT2D eigenvalue weighted by atomic mass is 79.9. The zero-order valence-corrected chi connectivity index (χ0v) is 21.9. The number of carbonyl (C=O) groups is 1. The van der Waals surface area contributed by atoms with Crippen molar-refractivity contribution in [2.24, 2.45) is 0 Å². The molecule has 4 heterocycles. The summed E-state index contributed by atoms with van der Waals surface area (Å²) in [5, 5.41) is 17.3. The number of benzene rings is 1. The van der Waals surface area contributed by atoms with Crippen molar-refractivity contribution in [3.05, 3.63) is 79.7 Å². The molecule has 1 N–H and O–H groups in total. The van der Waals surface area contributed by atoms with Crippen LogP contribution in [0.2, 0.25) is 15.1 Å². The van der Waals surface area contributed by atoms with Gasteiger partial charge in [0, 0.05) is 31.2 Å². The van der Waals surface area contributed by atoms with Gasteiger partial charge in [-0.25, -0.2) is 9.50 Å². The summed E-state index contributed by atoms with van der Waals surface area (Å²) in [5.41, 5.74) is 2.93. The van der Waals surface area contributed by atoms with Gasteiger partial charge in [0.25, 0.3) is 5.91 Å². The van der Waals surface area contributed by atoms with Crippen LogP contribution in [0.5, 0.6) is 0 Å². The number of amides is 1. The van der Waals surface area contributed by atoms with Crippen LogP contribution in [-0.4, -0.2) is 40.1 Å². The quantitative estimate of drug-likeness (QED) is 0.267. The topological polar surface area (TPSA) is 94.9 Å². The molecule has 0 aliphatic rings. The molecule has 0 saturated heterocycles. The van der Waals surface area contributed by atoms with Crippen molar-refractivity contribution in [1.29, 1.82) is 0 Å². The maximum atomic E-state index is 13.0. The van der Waals surface area contributed by atoms with E-state index in [9.17, 15) is 4.79 Å². The van der Waals surface area contributed by atoms with Crippen LogP contribution in [0.1, 0.15) is 23.0 Å². The highest BCUT2D eigenvalue weighted by Crippen LogP contribution is 2.28. The molecule has 0 atom stereocenters. The summed E-state index contributed by atoms with van der Waals surface area (Å²) in [7, 11) is 0. The van der Waals surface area contributed by atoms with Crippen LogP contribution in [0.15, 0.2) is 53.4 Å². The van der Waals surface area contributed by atoms with E-state index in [0.717, 1.165) is 16.6 Å². The summed E-state index contributed by atoms with van der Waals surface area (Å²) in [5.74, 6) is -0.257. The lowest BCUT2D eigenvalue weighted by molar-refractivity contribution is 0.102. The van der Waals surface area contributed by atoms with Gasteiger partial charge < -0.3 is 5.32 Å². The average Bonchev–Trinajstić information content (AvgIpc) is 3.52. The highest BCUT2D eigenvalue weighted by molar-refractivity contribution is 9.10. The van der Waals surface area contributed by atoms with E-state index >= 15 is 0 Å². The molecule has 1 aromatic carbocycles. The minimum absolute atomic E-state index is 0.158. The smallest absolute Gasteiger partial charge is 0.277 e. The SMILES string of the molecule is CCn1cc(Br)c(-c2ccnc3cc(C(=O)Nc4nn(Cc5ccc(Cl)c(Cl)c5)cc4Cl)nn23)n1. The van der Waals surface area contributed by atoms with E-state index in [1.165, 1.54) is 0 Å². The summed E-state index contributed by atoms with van der Waals surface area (Å²) in [6.07, 6.45) is 5.15. The van der Waals surface area contributed by atoms with E-state index in [4.69, 9.17) is 34.8 Å². The number of nitrogens with zero attached hydrogens (tertiary/aromatic N) is 7. The number of aromatic nitrogens is 7. The fraction of sp³-hybridized carbons (Fsp3) is 0.136. The Balaban J connectivity index is 1.39. The second kappa shape index (κ2) is 9.62. The van der Waals surface area contributed by atoms with Gasteiger partial charge in [0.15, 0.2) is 17.2 Å². The number of rotatable bonds is 6. The van der Waals surface area contributed by atoms with Crippen LogP contribution < -0.4 is 5.32 Å². The number of aryl methyl sites for hydroxylation is 1. The molecule has 13 heteroatoms. The van der Waals surface area contributed by atoms with Crippen LogP contribution in [0.4, 0.5) is 5.82 Å². The molecule has 9 nitrogen and oxygen atoms in total. The van der Waals surface area contributed by atoms with Gasteiger partial charge in [0.05, 0.1) is 26.8 Å². The summed E-state index contributed by atoms with van der Waals surface area (Å²) in [6, 6.07) is 8.68. The van der Waals surface area contributed by atoms with Gasteiger partial charge in [0.2, 0.25) is 0 Å². The van der Waals surface area contributed by atoms with Gasteiger partial charge >= 0.3 is 0 Å². The van der Waals surface area contributed by atoms with Crippen molar-refractivity contribution in [2.45, 2.75) is 20.0 Å². The zero-order valence-electron chi connectivity index (χ0n) is 18.1. The Morgan fingerprint density at radius 1 is 1.00 bits per heavy atom. The van der Waals surface area contributed by atoms with E-state index in [1.807, 2.05) is 19.2 Å². The van der Waals surface area contributed by atoms with Crippen molar-refractivity contribution in [2.75, 3.05) is 5.32 Å². The number of fused-ring (bicyclic) bond motifs is 1. The number of anilines is 1. The minimum atomic E-state index is -0.471. The summed E-state index contributed by atoms with van der Waals surface area (Å²) in [6.45, 7) is 3.12. The van der Waals surface area contributed by atoms with Crippen molar-refractivity contribution in [1.82, 2.24) is 34.2 Å². The molecule has 35 heavy (non-hydrogen) atoms. The number of hydrogen-bond acceptors (Lipinski definition) is 5. The van der Waals surface area contributed by atoms with E-state index < -0.39 is 5.91 Å². The van der Waals surface area contributed by atoms with Crippen LogP contribution in [0.3, 0.4) is 0 Å². The van der Waals surface area contributed by atoms with Crippen LogP contribution >= 0.6 is 50.7 Å². The van der Waals surface area contributed by atoms with Gasteiger partial charge in [-0.05, 0) is 46.6 Å². The standard InChI is InChI=1S/C22H16BrCl3N8O/c1-2-32-10-13(23)20(30-32)18-5-6-27-19-8-17(29-34(18)19)22(35)28-21-16(26)11-33(31-21)9-12-3-4-14(24)15(25)7-12/h3-8,10-11H,2,9H2,1H3,(H,28,31,35). The Hall–Kier alpha value is -2.92. The molecule has 0 radical (unpaired) electrons. The van der Waals surface area contributed by atoms with Crippen LogP contribution in [-0.2, 0) is 13.1 Å². The lowest BCUT2D eigenvalue weighted by Gasteiger charge is -2.04. The molecule has 1 amide bonds. The Kier molecular flexibility index (Phi) is 6.54. The fourth-order valence-corrected chi connectivity index (χ4v) is 4.51. The summed E-state index contributed by atoms with van der Waals surface area (Å²) >= 11 is 21.9. The molecule has 178 valence electrons. The average molecular weight is 595 g/mol. The van der Waals surface area contributed by atoms with Crippen LogP contribution in [0, 0.1) is 0 Å². The van der Waals surface area contributed by atoms with Gasteiger partial charge in [0.1, 0.15) is 10.7 Å². The van der Waals surface area contributed by atoms with Gasteiger partial charge in [-0.1, -0.05) is 40.9 Å². The number of halogens is 4. The minimum Gasteiger partial charge on any atom is -0.302 e. The number of hydrogen-bond donors (Lipinski definition) is 1. The fourth-order valence-electron chi connectivity index (χ4n) is 3.48. The lowest BCUT2D eigenvalue weighted by Crippen LogP contribution is -2.14. The first kappa shape index (κ1) is 23.8. The molecular formula is C22H16BrCl3N8O. The predicted octanol–water partition coefficient (Wildman–Crippen LogP) is 5.83. The molecule has 5 aromatic rings. The Morgan fingerprint density at radius 2 is 1.83 bits per heavy atom. The van der Waals surface area contributed by atoms with Gasteiger partial charge in [-0.3, -0.25) is 14.2 Å².